The molecule has 21 heavy (non-hydrogen) atoms. The summed E-state index contributed by atoms with van der Waals surface area (Å²) in [7, 11) is 0. The van der Waals surface area contributed by atoms with Gasteiger partial charge in [0.05, 0.1) is 6.20 Å². The van der Waals surface area contributed by atoms with Crippen LogP contribution in [0.4, 0.5) is 5.82 Å². The molecule has 0 amide bonds. The van der Waals surface area contributed by atoms with E-state index >= 15 is 0 Å². The summed E-state index contributed by atoms with van der Waals surface area (Å²) in [5.41, 5.74) is 1.10. The summed E-state index contributed by atoms with van der Waals surface area (Å²) in [5, 5.41) is 7.92. The predicted molar refractivity (Wildman–Crippen MR) is 85.7 cm³/mol. The van der Waals surface area contributed by atoms with E-state index in [1.54, 1.807) is 0 Å². The SMILES string of the molecule is CCCNC(C)C1CCN(c2nccn3nccc23)CC1. The average Bonchev–Trinajstić information content (AvgIpc) is 3.01. The van der Waals surface area contributed by atoms with E-state index in [1.165, 1.54) is 19.3 Å². The Labute approximate surface area is 126 Å². The number of nitrogens with one attached hydrogen (secondary N) is 1. The van der Waals surface area contributed by atoms with Gasteiger partial charge in [-0.15, -0.1) is 0 Å². The fourth-order valence-electron chi connectivity index (χ4n) is 3.24. The van der Waals surface area contributed by atoms with E-state index in [1.807, 2.05) is 29.2 Å². The molecule has 1 aliphatic heterocycles. The second-order valence-electron chi connectivity index (χ2n) is 5.98. The van der Waals surface area contributed by atoms with Gasteiger partial charge in [0, 0.05) is 31.5 Å². The van der Waals surface area contributed by atoms with Gasteiger partial charge in [-0.3, -0.25) is 0 Å². The van der Waals surface area contributed by atoms with E-state index in [0.717, 1.165) is 36.9 Å². The molecular weight excluding hydrogens is 262 g/mol. The van der Waals surface area contributed by atoms with E-state index in [0.29, 0.717) is 6.04 Å². The Morgan fingerprint density at radius 1 is 1.33 bits per heavy atom. The first-order valence-corrected chi connectivity index (χ1v) is 8.06. The fraction of sp³-hybridized carbons (Fsp3) is 0.625. The van der Waals surface area contributed by atoms with Gasteiger partial charge in [-0.2, -0.15) is 5.10 Å². The standard InChI is InChI=1S/C16H25N5/c1-3-7-17-13(2)14-5-10-20(11-6-14)16-15-4-8-19-21(15)12-9-18-16/h4,8-9,12-14,17H,3,5-7,10-11H2,1-2H3. The molecule has 0 aromatic carbocycles. The predicted octanol–water partition coefficient (Wildman–Crippen LogP) is 2.33. The van der Waals surface area contributed by atoms with Crippen LogP contribution in [0.3, 0.4) is 0 Å². The largest absolute Gasteiger partial charge is 0.355 e. The van der Waals surface area contributed by atoms with Gasteiger partial charge in [-0.05, 0) is 44.7 Å². The summed E-state index contributed by atoms with van der Waals surface area (Å²) in [5.74, 6) is 1.85. The summed E-state index contributed by atoms with van der Waals surface area (Å²) < 4.78 is 1.90. The minimum absolute atomic E-state index is 0.616. The quantitative estimate of drug-likeness (QED) is 0.917. The van der Waals surface area contributed by atoms with Gasteiger partial charge >= 0.3 is 0 Å². The molecule has 0 radical (unpaired) electrons. The first kappa shape index (κ1) is 14.3. The van der Waals surface area contributed by atoms with Crippen LogP contribution < -0.4 is 10.2 Å². The first-order valence-electron chi connectivity index (χ1n) is 8.06. The summed E-state index contributed by atoms with van der Waals surface area (Å²) >= 11 is 0. The molecule has 1 N–H and O–H groups in total. The van der Waals surface area contributed by atoms with Crippen molar-refractivity contribution in [2.24, 2.45) is 5.92 Å². The van der Waals surface area contributed by atoms with Gasteiger partial charge in [0.1, 0.15) is 5.52 Å². The Hall–Kier alpha value is -1.62. The highest BCUT2D eigenvalue weighted by molar-refractivity contribution is 5.68. The van der Waals surface area contributed by atoms with Crippen molar-refractivity contribution in [3.8, 4) is 0 Å². The maximum absolute atomic E-state index is 4.57. The zero-order valence-electron chi connectivity index (χ0n) is 13.0. The number of rotatable bonds is 5. The lowest BCUT2D eigenvalue weighted by Gasteiger charge is -2.36. The Morgan fingerprint density at radius 2 is 2.14 bits per heavy atom. The molecule has 3 rings (SSSR count). The number of anilines is 1. The molecule has 1 saturated heterocycles. The van der Waals surface area contributed by atoms with Crippen molar-refractivity contribution in [3.05, 3.63) is 24.7 Å². The van der Waals surface area contributed by atoms with Crippen LogP contribution in [0.5, 0.6) is 0 Å². The van der Waals surface area contributed by atoms with Crippen LogP contribution in [0, 0.1) is 5.92 Å². The Morgan fingerprint density at radius 3 is 2.90 bits per heavy atom. The smallest absolute Gasteiger partial charge is 0.154 e. The lowest BCUT2D eigenvalue weighted by molar-refractivity contribution is 0.311. The molecule has 1 unspecified atom stereocenters. The molecule has 0 bridgehead atoms. The van der Waals surface area contributed by atoms with Crippen molar-refractivity contribution in [3.63, 3.8) is 0 Å². The Kier molecular flexibility index (Phi) is 4.39. The minimum atomic E-state index is 0.616. The number of hydrogen-bond donors (Lipinski definition) is 1. The van der Waals surface area contributed by atoms with E-state index < -0.39 is 0 Å². The third-order valence-corrected chi connectivity index (χ3v) is 4.57. The summed E-state index contributed by atoms with van der Waals surface area (Å²) in [6, 6.07) is 2.66. The van der Waals surface area contributed by atoms with Gasteiger partial charge in [0.2, 0.25) is 0 Å². The summed E-state index contributed by atoms with van der Waals surface area (Å²) in [4.78, 5) is 6.97. The lowest BCUT2D eigenvalue weighted by Crippen LogP contribution is -2.42. The third kappa shape index (κ3) is 3.02. The van der Waals surface area contributed by atoms with Crippen molar-refractivity contribution < 1.29 is 0 Å². The van der Waals surface area contributed by atoms with Crippen LogP contribution in [0.15, 0.2) is 24.7 Å². The molecule has 2 aromatic heterocycles. The molecule has 0 spiro atoms. The molecule has 114 valence electrons. The first-order chi connectivity index (χ1) is 10.3. The zero-order chi connectivity index (χ0) is 14.7. The topological polar surface area (TPSA) is 45.5 Å². The van der Waals surface area contributed by atoms with Crippen molar-refractivity contribution in [1.29, 1.82) is 0 Å². The molecule has 0 saturated carbocycles. The van der Waals surface area contributed by atoms with E-state index in [4.69, 9.17) is 0 Å². The number of piperidine rings is 1. The number of fused-ring (bicyclic) bond motifs is 1. The Bertz CT molecular complexity index is 571. The van der Waals surface area contributed by atoms with Crippen LogP contribution >= 0.6 is 0 Å². The molecule has 2 aromatic rings. The molecule has 0 aliphatic carbocycles. The van der Waals surface area contributed by atoms with E-state index in [9.17, 15) is 0 Å². The molecule has 5 heteroatoms. The zero-order valence-corrected chi connectivity index (χ0v) is 13.0. The van der Waals surface area contributed by atoms with E-state index in [-0.39, 0.29) is 0 Å². The summed E-state index contributed by atoms with van der Waals surface area (Å²) in [6.45, 7) is 7.84. The number of hydrogen-bond acceptors (Lipinski definition) is 4. The van der Waals surface area contributed by atoms with Gasteiger partial charge in [-0.1, -0.05) is 6.92 Å². The minimum Gasteiger partial charge on any atom is -0.355 e. The average molecular weight is 287 g/mol. The van der Waals surface area contributed by atoms with Gasteiger partial charge < -0.3 is 10.2 Å². The van der Waals surface area contributed by atoms with Crippen LogP contribution in [0.25, 0.3) is 5.52 Å². The highest BCUT2D eigenvalue weighted by atomic mass is 15.3. The summed E-state index contributed by atoms with van der Waals surface area (Å²) in [6.07, 6.45) is 9.25. The van der Waals surface area contributed by atoms with Gasteiger partial charge in [0.15, 0.2) is 5.82 Å². The highest BCUT2D eigenvalue weighted by Crippen LogP contribution is 2.26. The highest BCUT2D eigenvalue weighted by Gasteiger charge is 2.25. The van der Waals surface area contributed by atoms with E-state index in [2.05, 4.69) is 34.1 Å². The number of aromatic nitrogens is 3. The van der Waals surface area contributed by atoms with Crippen molar-refractivity contribution >= 4 is 11.3 Å². The normalized spacial score (nSPS) is 18.3. The van der Waals surface area contributed by atoms with Gasteiger partial charge in [-0.25, -0.2) is 9.50 Å². The molecular formula is C16H25N5. The van der Waals surface area contributed by atoms with Crippen molar-refractivity contribution in [2.75, 3.05) is 24.5 Å². The van der Waals surface area contributed by atoms with Crippen molar-refractivity contribution in [2.45, 2.75) is 39.2 Å². The monoisotopic (exact) mass is 287 g/mol. The Balaban J connectivity index is 1.64. The van der Waals surface area contributed by atoms with Gasteiger partial charge in [0.25, 0.3) is 0 Å². The molecule has 3 heterocycles. The second-order valence-corrected chi connectivity index (χ2v) is 5.98. The van der Waals surface area contributed by atoms with Crippen LogP contribution in [-0.2, 0) is 0 Å². The molecule has 5 nitrogen and oxygen atoms in total. The maximum Gasteiger partial charge on any atom is 0.154 e. The fourth-order valence-corrected chi connectivity index (χ4v) is 3.24. The van der Waals surface area contributed by atoms with Crippen molar-refractivity contribution in [1.82, 2.24) is 19.9 Å². The lowest BCUT2D eigenvalue weighted by atomic mass is 9.90. The molecule has 1 atom stereocenters. The van der Waals surface area contributed by atoms with Crippen LogP contribution in [-0.4, -0.2) is 40.3 Å². The molecule has 1 aliphatic rings. The maximum atomic E-state index is 4.57. The van der Waals surface area contributed by atoms with Crippen LogP contribution in [0.1, 0.15) is 33.1 Å². The second kappa shape index (κ2) is 6.43. The molecule has 1 fully saturated rings. The third-order valence-electron chi connectivity index (χ3n) is 4.57. The van der Waals surface area contributed by atoms with Crippen LogP contribution in [0.2, 0.25) is 0 Å². The number of nitrogens with zero attached hydrogens (tertiary/aromatic N) is 4.